The van der Waals surface area contributed by atoms with E-state index in [1.54, 1.807) is 24.6 Å². The summed E-state index contributed by atoms with van der Waals surface area (Å²) >= 11 is 0. The first kappa shape index (κ1) is 22.8. The molecule has 0 unspecified atom stereocenters. The van der Waals surface area contributed by atoms with E-state index < -0.39 is 15.2 Å². The van der Waals surface area contributed by atoms with E-state index in [0.717, 1.165) is 0 Å². The number of hydrogen-bond donors (Lipinski definition) is 0. The minimum atomic E-state index is -1.32. The van der Waals surface area contributed by atoms with Gasteiger partial charge in [-0.15, -0.1) is 0 Å². The van der Waals surface area contributed by atoms with Gasteiger partial charge in [0.15, 0.2) is 0 Å². The molecule has 0 bridgehead atoms. The molecule has 0 heterocycles. The van der Waals surface area contributed by atoms with Gasteiger partial charge in [-0.2, -0.15) is 34.6 Å². The van der Waals surface area contributed by atoms with Crippen LogP contribution in [0.1, 0.15) is 0 Å². The zero-order valence-corrected chi connectivity index (χ0v) is 19.0. The minimum absolute atomic E-state index is 0. The molecule has 124 valence electrons. The van der Waals surface area contributed by atoms with E-state index >= 15 is 0 Å². The molecule has 2 nitrogen and oxygen atoms in total. The van der Waals surface area contributed by atoms with Gasteiger partial charge < -0.3 is 9.47 Å². The molecular weight excluding hydrogens is 329 g/mol. The molecule has 0 N–H and O–H groups in total. The average Bonchev–Trinajstić information content (AvgIpc) is 3.17. The van der Waals surface area contributed by atoms with E-state index in [-0.39, 0.29) is 23.1 Å². The molecule has 0 saturated carbocycles. The molecule has 0 atom stereocenters. The van der Waals surface area contributed by atoms with Crippen molar-refractivity contribution < 1.29 is 9.47 Å². The van der Waals surface area contributed by atoms with Gasteiger partial charge in [0, 0.05) is 29.4 Å². The van der Waals surface area contributed by atoms with Gasteiger partial charge in [0.2, 0.25) is 0 Å². The third-order valence-electron chi connectivity index (χ3n) is 4.82. The standard InChI is InChI=1S/C14H20Si2.C4H10O2.Mg/c1-15(2,13-9-5-6-10-13)16(3,4)14-11-7-8-12-14;1-5-3-4-6-2;/h5-12H,1-4H3;3-4H2,1-2H3;/q-2;;+2. The molecule has 0 aromatic heterocycles. The van der Waals surface area contributed by atoms with Gasteiger partial charge in [0.1, 0.15) is 0 Å². The third kappa shape index (κ3) is 5.99. The Morgan fingerprint density at radius 2 is 1.13 bits per heavy atom. The van der Waals surface area contributed by atoms with Gasteiger partial charge in [-0.25, -0.2) is 24.3 Å². The van der Waals surface area contributed by atoms with E-state index in [1.165, 1.54) is 0 Å². The van der Waals surface area contributed by atoms with Gasteiger partial charge in [-0.05, 0) is 0 Å². The molecule has 2 aromatic rings. The monoisotopic (exact) mass is 358 g/mol. The van der Waals surface area contributed by atoms with Crippen molar-refractivity contribution in [2.24, 2.45) is 0 Å². The Labute approximate surface area is 159 Å². The van der Waals surface area contributed by atoms with Crippen molar-refractivity contribution in [2.75, 3.05) is 27.4 Å². The van der Waals surface area contributed by atoms with Crippen molar-refractivity contribution in [3.05, 3.63) is 48.5 Å². The average molecular weight is 359 g/mol. The maximum Gasteiger partial charge on any atom is 2.00 e. The summed E-state index contributed by atoms with van der Waals surface area (Å²) in [5.41, 5.74) is 0. The Bertz CT molecular complexity index is 457. The molecule has 5 heteroatoms. The SMILES string of the molecule is COCCOC.C[Si](C)(c1ccc[cH-]1)[Si](C)(C)c1ccc[cH-]1.[Mg+2]. The molecule has 23 heavy (non-hydrogen) atoms. The number of methoxy groups -OCH3 is 2. The predicted molar refractivity (Wildman–Crippen MR) is 108 cm³/mol. The second kappa shape index (κ2) is 10.6. The summed E-state index contributed by atoms with van der Waals surface area (Å²) in [6.07, 6.45) is 0. The zero-order chi connectivity index (χ0) is 16.6. The quantitative estimate of drug-likeness (QED) is 0.449. The number of rotatable bonds is 6. The molecule has 0 aliphatic rings. The minimum Gasteiger partial charge on any atom is -0.382 e. The Hall–Kier alpha value is -0.180. The summed E-state index contributed by atoms with van der Waals surface area (Å²) in [5.74, 6) is 0. The molecule has 0 aliphatic heterocycles. The van der Waals surface area contributed by atoms with Crippen LogP contribution in [-0.4, -0.2) is 65.7 Å². The summed E-state index contributed by atoms with van der Waals surface area (Å²) in [6, 6.07) is 18.0. The van der Waals surface area contributed by atoms with Crippen molar-refractivity contribution in [3.63, 3.8) is 0 Å². The maximum atomic E-state index is 4.66. The number of hydrogen-bond acceptors (Lipinski definition) is 2. The Morgan fingerprint density at radius 3 is 1.35 bits per heavy atom. The summed E-state index contributed by atoms with van der Waals surface area (Å²) in [5, 5.41) is 3.23. The predicted octanol–water partition coefficient (Wildman–Crippen LogP) is 2.63. The van der Waals surface area contributed by atoms with Gasteiger partial charge >= 0.3 is 23.1 Å². The van der Waals surface area contributed by atoms with Crippen molar-refractivity contribution in [2.45, 2.75) is 26.2 Å². The third-order valence-corrected chi connectivity index (χ3v) is 22.6. The van der Waals surface area contributed by atoms with Gasteiger partial charge in [0.05, 0.1) is 13.2 Å². The fraction of sp³-hybridized carbons (Fsp3) is 0.444. The summed E-state index contributed by atoms with van der Waals surface area (Å²) in [4.78, 5) is 0. The van der Waals surface area contributed by atoms with Crippen molar-refractivity contribution >= 4 is 48.6 Å². The molecule has 0 aliphatic carbocycles. The molecule has 0 spiro atoms. The van der Waals surface area contributed by atoms with E-state index in [1.807, 2.05) is 0 Å². The second-order valence-electron chi connectivity index (χ2n) is 6.58. The van der Waals surface area contributed by atoms with E-state index in [0.29, 0.717) is 13.2 Å². The van der Waals surface area contributed by atoms with E-state index in [9.17, 15) is 0 Å². The number of ether oxygens (including phenoxy) is 2. The first-order valence-electron chi connectivity index (χ1n) is 7.80. The fourth-order valence-corrected chi connectivity index (χ4v) is 11.3. The summed E-state index contributed by atoms with van der Waals surface area (Å²) in [6.45, 7) is 11.5. The molecule has 0 radical (unpaired) electrons. The Balaban J connectivity index is 0.000000599. The van der Waals surface area contributed by atoms with Crippen molar-refractivity contribution in [3.8, 4) is 0 Å². The topological polar surface area (TPSA) is 18.5 Å². The Morgan fingerprint density at radius 1 is 0.783 bits per heavy atom. The van der Waals surface area contributed by atoms with Crippen LogP contribution in [0.3, 0.4) is 0 Å². The van der Waals surface area contributed by atoms with Crippen molar-refractivity contribution in [1.29, 1.82) is 0 Å². The van der Waals surface area contributed by atoms with Crippen LogP contribution >= 0.6 is 0 Å². The first-order valence-corrected chi connectivity index (χ1v) is 14.8. The van der Waals surface area contributed by atoms with Gasteiger partial charge in [0.25, 0.3) is 0 Å². The maximum absolute atomic E-state index is 4.66. The van der Waals surface area contributed by atoms with E-state index in [4.69, 9.17) is 0 Å². The molecule has 2 aromatic carbocycles. The fourth-order valence-electron chi connectivity index (χ4n) is 2.47. The van der Waals surface area contributed by atoms with Crippen LogP contribution in [0.25, 0.3) is 0 Å². The van der Waals surface area contributed by atoms with Crippen LogP contribution in [-0.2, 0) is 9.47 Å². The molecule has 0 saturated heterocycles. The summed E-state index contributed by atoms with van der Waals surface area (Å²) < 4.78 is 9.31. The van der Waals surface area contributed by atoms with Crippen LogP contribution < -0.4 is 10.4 Å². The molecule has 2 rings (SSSR count). The van der Waals surface area contributed by atoms with Crippen LogP contribution in [0.2, 0.25) is 26.2 Å². The van der Waals surface area contributed by atoms with E-state index in [2.05, 4.69) is 84.2 Å². The van der Waals surface area contributed by atoms with Crippen LogP contribution in [0.5, 0.6) is 0 Å². The first-order chi connectivity index (χ1) is 10.4. The summed E-state index contributed by atoms with van der Waals surface area (Å²) in [7, 11) is 0.663. The largest absolute Gasteiger partial charge is 2.00 e. The van der Waals surface area contributed by atoms with Crippen molar-refractivity contribution in [1.82, 2.24) is 0 Å². The molecular formula is C18H30MgO2Si2. The van der Waals surface area contributed by atoms with Crippen LogP contribution in [0, 0.1) is 0 Å². The Kier molecular flexibility index (Phi) is 10.6. The molecule has 0 fully saturated rings. The zero-order valence-electron chi connectivity index (χ0n) is 15.6. The van der Waals surface area contributed by atoms with Crippen LogP contribution in [0.15, 0.2) is 48.5 Å². The smallest absolute Gasteiger partial charge is 0.382 e. The molecule has 0 amide bonds. The van der Waals surface area contributed by atoms with Crippen LogP contribution in [0.4, 0.5) is 0 Å². The second-order valence-corrected chi connectivity index (χ2v) is 21.7. The normalized spacial score (nSPS) is 11.4. The van der Waals surface area contributed by atoms with Gasteiger partial charge in [-0.1, -0.05) is 26.2 Å². The van der Waals surface area contributed by atoms with Gasteiger partial charge in [-0.3, -0.25) is 0 Å².